The van der Waals surface area contributed by atoms with Crippen LogP contribution in [0, 0.1) is 6.92 Å². The molecule has 5 aromatic rings. The molecule has 6 heteroatoms. The fourth-order valence-electron chi connectivity index (χ4n) is 3.91. The van der Waals surface area contributed by atoms with Gasteiger partial charge in [-0.1, -0.05) is 66.7 Å². The van der Waals surface area contributed by atoms with E-state index in [0.29, 0.717) is 23.6 Å². The van der Waals surface area contributed by atoms with E-state index in [9.17, 15) is 4.79 Å². The molecule has 6 nitrogen and oxygen atoms in total. The molecule has 0 N–H and O–H groups in total. The summed E-state index contributed by atoms with van der Waals surface area (Å²) in [5, 5.41) is 5.77. The smallest absolute Gasteiger partial charge is 0.257 e. The zero-order chi connectivity index (χ0) is 22.8. The molecule has 0 aliphatic heterocycles. The van der Waals surface area contributed by atoms with Crippen molar-refractivity contribution in [1.29, 1.82) is 0 Å². The van der Waals surface area contributed by atoms with E-state index in [4.69, 9.17) is 5.10 Å². The summed E-state index contributed by atoms with van der Waals surface area (Å²) in [7, 11) is 1.77. The number of nitrogens with zero attached hydrogens (tertiary/aromatic N) is 5. The number of fused-ring (bicyclic) bond motifs is 1. The number of hydrogen-bond donors (Lipinski definition) is 0. The maximum absolute atomic E-state index is 13.6. The molecule has 162 valence electrons. The summed E-state index contributed by atoms with van der Waals surface area (Å²) in [6, 6.07) is 27.5. The lowest BCUT2D eigenvalue weighted by Crippen LogP contribution is -2.27. The van der Waals surface area contributed by atoms with E-state index in [1.165, 1.54) is 0 Å². The zero-order valence-electron chi connectivity index (χ0n) is 18.5. The number of para-hydroxylation sites is 2. The van der Waals surface area contributed by atoms with E-state index in [-0.39, 0.29) is 5.91 Å². The number of hydrogen-bond acceptors (Lipinski definition) is 4. The Hall–Kier alpha value is -4.32. The summed E-state index contributed by atoms with van der Waals surface area (Å²) in [5.41, 5.74) is 4.74. The first-order valence-electron chi connectivity index (χ1n) is 10.8. The van der Waals surface area contributed by atoms with Crippen molar-refractivity contribution in [3.63, 3.8) is 0 Å². The second-order valence-electron chi connectivity index (χ2n) is 7.94. The number of carbonyl (C=O) groups is 1. The second kappa shape index (κ2) is 8.67. The minimum absolute atomic E-state index is 0.134. The van der Waals surface area contributed by atoms with Gasteiger partial charge in [-0.2, -0.15) is 5.10 Å². The van der Waals surface area contributed by atoms with Crippen molar-refractivity contribution in [2.75, 3.05) is 7.05 Å². The first-order valence-corrected chi connectivity index (χ1v) is 10.8. The molecule has 0 saturated heterocycles. The standard InChI is InChI=1S/C27H23N5O/c1-19-22-15-9-10-16-24(22)29-25(28-19)18-31(2)27(33)23-17-32(21-13-7-4-8-14-21)30-26(23)20-11-5-3-6-12-20/h3-17H,18H2,1-2H3. The van der Waals surface area contributed by atoms with Crippen LogP contribution >= 0.6 is 0 Å². The van der Waals surface area contributed by atoms with Crippen molar-refractivity contribution in [2.24, 2.45) is 0 Å². The minimum atomic E-state index is -0.134. The first-order chi connectivity index (χ1) is 16.1. The van der Waals surface area contributed by atoms with Crippen molar-refractivity contribution in [3.05, 3.63) is 108 Å². The van der Waals surface area contributed by atoms with Crippen molar-refractivity contribution in [3.8, 4) is 16.9 Å². The summed E-state index contributed by atoms with van der Waals surface area (Å²) in [4.78, 5) is 24.5. The predicted octanol–water partition coefficient (Wildman–Crippen LogP) is 5.06. The molecule has 33 heavy (non-hydrogen) atoms. The Kier molecular flexibility index (Phi) is 5.40. The van der Waals surface area contributed by atoms with Crippen LogP contribution in [0.2, 0.25) is 0 Å². The van der Waals surface area contributed by atoms with Gasteiger partial charge in [-0.3, -0.25) is 4.79 Å². The Morgan fingerprint density at radius 2 is 1.55 bits per heavy atom. The van der Waals surface area contributed by atoms with Crippen LogP contribution < -0.4 is 0 Å². The minimum Gasteiger partial charge on any atom is -0.334 e. The van der Waals surface area contributed by atoms with Gasteiger partial charge in [0.05, 0.1) is 23.3 Å². The van der Waals surface area contributed by atoms with Gasteiger partial charge in [-0.15, -0.1) is 0 Å². The third-order valence-corrected chi connectivity index (χ3v) is 5.58. The van der Waals surface area contributed by atoms with Crippen LogP contribution in [0.15, 0.2) is 91.1 Å². The summed E-state index contributed by atoms with van der Waals surface area (Å²) in [6.45, 7) is 2.27. The second-order valence-corrected chi connectivity index (χ2v) is 7.94. The van der Waals surface area contributed by atoms with E-state index in [1.807, 2.05) is 91.9 Å². The maximum Gasteiger partial charge on any atom is 0.257 e. The predicted molar refractivity (Wildman–Crippen MR) is 129 cm³/mol. The van der Waals surface area contributed by atoms with Gasteiger partial charge in [0.25, 0.3) is 5.91 Å². The summed E-state index contributed by atoms with van der Waals surface area (Å²) in [6.07, 6.45) is 1.79. The summed E-state index contributed by atoms with van der Waals surface area (Å²) >= 11 is 0. The van der Waals surface area contributed by atoms with E-state index >= 15 is 0 Å². The highest BCUT2D eigenvalue weighted by Crippen LogP contribution is 2.25. The Morgan fingerprint density at radius 3 is 2.30 bits per heavy atom. The average molecular weight is 434 g/mol. The Balaban J connectivity index is 1.50. The molecule has 0 radical (unpaired) electrons. The highest BCUT2D eigenvalue weighted by Gasteiger charge is 2.22. The molecule has 1 amide bonds. The molecule has 5 rings (SSSR count). The van der Waals surface area contributed by atoms with Gasteiger partial charge >= 0.3 is 0 Å². The molecule has 0 bridgehead atoms. The van der Waals surface area contributed by atoms with Crippen molar-refractivity contribution in [2.45, 2.75) is 13.5 Å². The molecule has 0 atom stereocenters. The Morgan fingerprint density at radius 1 is 0.879 bits per heavy atom. The third kappa shape index (κ3) is 4.11. The lowest BCUT2D eigenvalue weighted by molar-refractivity contribution is 0.0782. The number of amides is 1. The van der Waals surface area contributed by atoms with E-state index in [2.05, 4.69) is 9.97 Å². The molecule has 0 spiro atoms. The summed E-state index contributed by atoms with van der Waals surface area (Å²) in [5.74, 6) is 0.476. The highest BCUT2D eigenvalue weighted by molar-refractivity contribution is 5.99. The average Bonchev–Trinajstić information content (AvgIpc) is 3.30. The topological polar surface area (TPSA) is 63.9 Å². The zero-order valence-corrected chi connectivity index (χ0v) is 18.5. The Labute approximate surface area is 192 Å². The van der Waals surface area contributed by atoms with Gasteiger partial charge in [-0.05, 0) is 25.1 Å². The van der Waals surface area contributed by atoms with Gasteiger partial charge in [0.15, 0.2) is 0 Å². The number of aryl methyl sites for hydroxylation is 1. The molecule has 0 fully saturated rings. The summed E-state index contributed by atoms with van der Waals surface area (Å²) < 4.78 is 1.75. The molecule has 3 aromatic carbocycles. The quantitative estimate of drug-likeness (QED) is 0.389. The van der Waals surface area contributed by atoms with Gasteiger partial charge in [0.1, 0.15) is 11.5 Å². The molecule has 0 unspecified atom stereocenters. The van der Waals surface area contributed by atoms with E-state index in [0.717, 1.165) is 27.8 Å². The highest BCUT2D eigenvalue weighted by atomic mass is 16.2. The lowest BCUT2D eigenvalue weighted by atomic mass is 10.1. The number of carbonyl (C=O) groups excluding carboxylic acids is 1. The molecule has 0 aliphatic carbocycles. The normalized spacial score (nSPS) is 11.0. The molecular formula is C27H23N5O. The van der Waals surface area contributed by atoms with E-state index in [1.54, 1.807) is 22.8 Å². The molecule has 2 aromatic heterocycles. The van der Waals surface area contributed by atoms with Crippen LogP contribution in [0.5, 0.6) is 0 Å². The number of benzene rings is 3. The van der Waals surface area contributed by atoms with Crippen LogP contribution in [0.4, 0.5) is 0 Å². The van der Waals surface area contributed by atoms with Gasteiger partial charge in [0, 0.05) is 29.9 Å². The SMILES string of the molecule is Cc1nc(CN(C)C(=O)c2cn(-c3ccccc3)nc2-c2ccccc2)nc2ccccc12. The van der Waals surface area contributed by atoms with E-state index < -0.39 is 0 Å². The van der Waals surface area contributed by atoms with Gasteiger partial charge < -0.3 is 4.90 Å². The van der Waals surface area contributed by atoms with Crippen LogP contribution in [0.25, 0.3) is 27.8 Å². The lowest BCUT2D eigenvalue weighted by Gasteiger charge is -2.17. The first kappa shape index (κ1) is 20.6. The monoisotopic (exact) mass is 433 g/mol. The maximum atomic E-state index is 13.6. The largest absolute Gasteiger partial charge is 0.334 e. The molecule has 0 saturated carbocycles. The van der Waals surface area contributed by atoms with Crippen LogP contribution in [0.1, 0.15) is 21.9 Å². The van der Waals surface area contributed by atoms with Gasteiger partial charge in [0.2, 0.25) is 0 Å². The number of aromatic nitrogens is 4. The molecule has 0 aliphatic rings. The molecular weight excluding hydrogens is 410 g/mol. The fourth-order valence-corrected chi connectivity index (χ4v) is 3.91. The fraction of sp³-hybridized carbons (Fsp3) is 0.111. The van der Waals surface area contributed by atoms with Gasteiger partial charge in [-0.25, -0.2) is 14.6 Å². The van der Waals surface area contributed by atoms with Crippen LogP contribution in [-0.4, -0.2) is 37.6 Å². The van der Waals surface area contributed by atoms with Crippen LogP contribution in [0.3, 0.4) is 0 Å². The van der Waals surface area contributed by atoms with Crippen molar-refractivity contribution < 1.29 is 4.79 Å². The Bertz CT molecular complexity index is 1430. The van der Waals surface area contributed by atoms with Crippen molar-refractivity contribution >= 4 is 16.8 Å². The number of rotatable bonds is 5. The van der Waals surface area contributed by atoms with Crippen molar-refractivity contribution in [1.82, 2.24) is 24.6 Å². The molecule has 2 heterocycles. The van der Waals surface area contributed by atoms with Crippen LogP contribution in [-0.2, 0) is 6.54 Å². The third-order valence-electron chi connectivity index (χ3n) is 5.58.